The Hall–Kier alpha value is -0.570. The van der Waals surface area contributed by atoms with Crippen LogP contribution in [-0.2, 0) is 4.79 Å². The zero-order valence-corrected chi connectivity index (χ0v) is 13.5. The van der Waals surface area contributed by atoms with Gasteiger partial charge in [-0.25, -0.2) is 0 Å². The maximum atomic E-state index is 12.3. The van der Waals surface area contributed by atoms with Crippen LogP contribution in [0.3, 0.4) is 0 Å². The monoisotopic (exact) mass is 280 g/mol. The molecule has 0 radical (unpaired) electrons. The Kier molecular flexibility index (Phi) is 5.88. The van der Waals surface area contributed by atoms with Crippen molar-refractivity contribution in [2.45, 2.75) is 65.3 Å². The number of amides is 1. The minimum absolute atomic E-state index is 0.386. The minimum atomic E-state index is 0.386. The summed E-state index contributed by atoms with van der Waals surface area (Å²) in [6.07, 6.45) is 6.90. The molecule has 2 unspecified atom stereocenters. The van der Waals surface area contributed by atoms with Crippen LogP contribution in [0.1, 0.15) is 59.3 Å². The van der Waals surface area contributed by atoms with Gasteiger partial charge in [-0.2, -0.15) is 0 Å². The quantitative estimate of drug-likeness (QED) is 0.777. The van der Waals surface area contributed by atoms with Crippen molar-refractivity contribution in [1.82, 2.24) is 10.2 Å². The minimum Gasteiger partial charge on any atom is -0.341 e. The molecule has 1 amide bonds. The van der Waals surface area contributed by atoms with E-state index in [1.54, 1.807) is 0 Å². The lowest BCUT2D eigenvalue weighted by molar-refractivity contribution is -0.131. The van der Waals surface area contributed by atoms with Crippen molar-refractivity contribution in [3.8, 4) is 0 Å². The van der Waals surface area contributed by atoms with Crippen molar-refractivity contribution in [3.05, 3.63) is 0 Å². The van der Waals surface area contributed by atoms with Crippen molar-refractivity contribution < 1.29 is 4.79 Å². The zero-order valence-electron chi connectivity index (χ0n) is 13.5. The molecule has 0 bridgehead atoms. The van der Waals surface area contributed by atoms with Crippen LogP contribution < -0.4 is 5.32 Å². The van der Waals surface area contributed by atoms with E-state index in [1.807, 2.05) is 0 Å². The van der Waals surface area contributed by atoms with E-state index in [2.05, 4.69) is 31.0 Å². The average Bonchev–Trinajstić information content (AvgIpc) is 3.24. The highest BCUT2D eigenvalue weighted by atomic mass is 16.2. The number of nitrogens with zero attached hydrogens (tertiary/aromatic N) is 1. The summed E-state index contributed by atoms with van der Waals surface area (Å²) in [6, 6.07) is 0.537. The molecule has 2 aliphatic rings. The molecule has 1 saturated carbocycles. The molecule has 0 aromatic rings. The molecule has 2 fully saturated rings. The van der Waals surface area contributed by atoms with Crippen molar-refractivity contribution in [2.24, 2.45) is 17.8 Å². The molecule has 3 heteroatoms. The van der Waals surface area contributed by atoms with E-state index in [0.717, 1.165) is 44.3 Å². The van der Waals surface area contributed by atoms with Crippen LogP contribution >= 0.6 is 0 Å². The third-order valence-electron chi connectivity index (χ3n) is 5.06. The maximum Gasteiger partial charge on any atom is 0.222 e. The third-order valence-corrected chi connectivity index (χ3v) is 5.06. The normalized spacial score (nSPS) is 25.9. The lowest BCUT2D eigenvalue weighted by Crippen LogP contribution is -2.45. The van der Waals surface area contributed by atoms with E-state index in [0.29, 0.717) is 17.9 Å². The summed E-state index contributed by atoms with van der Waals surface area (Å²) in [7, 11) is 0. The standard InChI is InChI=1S/C17H32N2O/c1-4-10-18-16(15-5-6-15)12-19-11-9-14(13(2)3)7-8-17(19)20/h13-16,18H,4-12H2,1-3H3. The van der Waals surface area contributed by atoms with Gasteiger partial charge in [-0.15, -0.1) is 0 Å². The van der Waals surface area contributed by atoms with Gasteiger partial charge in [-0.3, -0.25) is 4.79 Å². The molecule has 0 spiro atoms. The van der Waals surface area contributed by atoms with Crippen molar-refractivity contribution in [1.29, 1.82) is 0 Å². The Labute approximate surface area is 124 Å². The first kappa shape index (κ1) is 15.8. The van der Waals surface area contributed by atoms with E-state index in [-0.39, 0.29) is 0 Å². The van der Waals surface area contributed by atoms with Crippen LogP contribution in [0, 0.1) is 17.8 Å². The average molecular weight is 280 g/mol. The predicted octanol–water partition coefficient (Wildman–Crippen LogP) is 3.05. The number of carbonyl (C=O) groups is 1. The summed E-state index contributed by atoms with van der Waals surface area (Å²) >= 11 is 0. The molecule has 0 aromatic heterocycles. The van der Waals surface area contributed by atoms with E-state index < -0.39 is 0 Å². The van der Waals surface area contributed by atoms with Gasteiger partial charge in [0.15, 0.2) is 0 Å². The van der Waals surface area contributed by atoms with Crippen molar-refractivity contribution in [3.63, 3.8) is 0 Å². The Balaban J connectivity index is 1.87. The van der Waals surface area contributed by atoms with Gasteiger partial charge >= 0.3 is 0 Å². The number of hydrogen-bond donors (Lipinski definition) is 1. The fraction of sp³-hybridized carbons (Fsp3) is 0.941. The Morgan fingerprint density at radius 3 is 2.55 bits per heavy atom. The van der Waals surface area contributed by atoms with Crippen LogP contribution in [-0.4, -0.2) is 36.5 Å². The smallest absolute Gasteiger partial charge is 0.222 e. The van der Waals surface area contributed by atoms with Gasteiger partial charge in [0.05, 0.1) is 0 Å². The molecule has 1 saturated heterocycles. The molecule has 3 nitrogen and oxygen atoms in total. The van der Waals surface area contributed by atoms with E-state index >= 15 is 0 Å². The second-order valence-electron chi connectivity index (χ2n) is 7.07. The van der Waals surface area contributed by atoms with Crippen LogP contribution in [0.25, 0.3) is 0 Å². The largest absolute Gasteiger partial charge is 0.341 e. The van der Waals surface area contributed by atoms with Gasteiger partial charge in [0.2, 0.25) is 5.91 Å². The second kappa shape index (κ2) is 7.44. The van der Waals surface area contributed by atoms with Crippen LogP contribution in [0.2, 0.25) is 0 Å². The first-order valence-electron chi connectivity index (χ1n) is 8.63. The van der Waals surface area contributed by atoms with Gasteiger partial charge in [0.1, 0.15) is 0 Å². The molecule has 0 aromatic carbocycles. The summed E-state index contributed by atoms with van der Waals surface area (Å²) in [5, 5.41) is 3.66. The first-order valence-corrected chi connectivity index (χ1v) is 8.63. The fourth-order valence-corrected chi connectivity index (χ4v) is 3.36. The number of nitrogens with one attached hydrogen (secondary N) is 1. The van der Waals surface area contributed by atoms with Gasteiger partial charge in [0, 0.05) is 25.6 Å². The molecule has 1 aliphatic carbocycles. The van der Waals surface area contributed by atoms with Gasteiger partial charge in [-0.1, -0.05) is 20.8 Å². The molecule has 1 N–H and O–H groups in total. The highest BCUT2D eigenvalue weighted by Gasteiger charge is 2.34. The number of rotatable bonds is 7. The molecular weight excluding hydrogens is 248 g/mol. The molecule has 20 heavy (non-hydrogen) atoms. The second-order valence-corrected chi connectivity index (χ2v) is 7.07. The number of likely N-dealkylation sites (tertiary alicyclic amines) is 1. The fourth-order valence-electron chi connectivity index (χ4n) is 3.36. The van der Waals surface area contributed by atoms with Gasteiger partial charge < -0.3 is 10.2 Å². The SMILES string of the molecule is CCCNC(CN1CCC(C(C)C)CCC1=O)C1CC1. The summed E-state index contributed by atoms with van der Waals surface area (Å²) in [5.41, 5.74) is 0. The first-order chi connectivity index (χ1) is 9.61. The van der Waals surface area contributed by atoms with E-state index in [4.69, 9.17) is 0 Å². The van der Waals surface area contributed by atoms with Crippen molar-refractivity contribution >= 4 is 5.91 Å². The number of carbonyl (C=O) groups excluding carboxylic acids is 1. The topological polar surface area (TPSA) is 32.3 Å². The summed E-state index contributed by atoms with van der Waals surface area (Å²) in [4.78, 5) is 14.5. The summed E-state index contributed by atoms with van der Waals surface area (Å²) in [6.45, 7) is 9.79. The maximum absolute atomic E-state index is 12.3. The highest BCUT2D eigenvalue weighted by Crippen LogP contribution is 2.33. The molecule has 1 aliphatic heterocycles. The van der Waals surface area contributed by atoms with Crippen LogP contribution in [0.15, 0.2) is 0 Å². The summed E-state index contributed by atoms with van der Waals surface area (Å²) < 4.78 is 0. The Morgan fingerprint density at radius 2 is 1.95 bits per heavy atom. The Bertz CT molecular complexity index is 312. The summed E-state index contributed by atoms with van der Waals surface area (Å²) in [5.74, 6) is 2.64. The lowest BCUT2D eigenvalue weighted by atomic mass is 9.89. The van der Waals surface area contributed by atoms with Gasteiger partial charge in [0.25, 0.3) is 0 Å². The Morgan fingerprint density at radius 1 is 1.20 bits per heavy atom. The van der Waals surface area contributed by atoms with Crippen LogP contribution in [0.4, 0.5) is 0 Å². The third kappa shape index (κ3) is 4.47. The van der Waals surface area contributed by atoms with Gasteiger partial charge in [-0.05, 0) is 56.4 Å². The molecule has 1 heterocycles. The molecule has 2 rings (SSSR count). The van der Waals surface area contributed by atoms with Crippen LogP contribution in [0.5, 0.6) is 0 Å². The molecule has 116 valence electrons. The van der Waals surface area contributed by atoms with E-state index in [9.17, 15) is 4.79 Å². The highest BCUT2D eigenvalue weighted by molar-refractivity contribution is 5.76. The zero-order chi connectivity index (χ0) is 14.5. The van der Waals surface area contributed by atoms with Crippen molar-refractivity contribution in [2.75, 3.05) is 19.6 Å². The molecule has 2 atom stereocenters. The van der Waals surface area contributed by atoms with E-state index in [1.165, 1.54) is 25.7 Å². The molecular formula is C17H32N2O. The lowest BCUT2D eigenvalue weighted by Gasteiger charge is -2.28. The number of hydrogen-bond acceptors (Lipinski definition) is 2. The predicted molar refractivity (Wildman–Crippen MR) is 83.6 cm³/mol.